The van der Waals surface area contributed by atoms with E-state index < -0.39 is 0 Å². The van der Waals surface area contributed by atoms with Gasteiger partial charge in [-0.2, -0.15) is 0 Å². The minimum Gasteiger partial charge on any atom is -0.376 e. The van der Waals surface area contributed by atoms with Crippen molar-refractivity contribution < 1.29 is 4.74 Å². The predicted molar refractivity (Wildman–Crippen MR) is 78.0 cm³/mol. The van der Waals surface area contributed by atoms with Crippen LogP contribution in [0.2, 0.25) is 5.02 Å². The summed E-state index contributed by atoms with van der Waals surface area (Å²) in [5, 5.41) is 0.777. The van der Waals surface area contributed by atoms with E-state index in [9.17, 15) is 0 Å². The van der Waals surface area contributed by atoms with Crippen LogP contribution in [0.5, 0.6) is 0 Å². The van der Waals surface area contributed by atoms with Crippen molar-refractivity contribution in [3.8, 4) is 0 Å². The summed E-state index contributed by atoms with van der Waals surface area (Å²) in [6.45, 7) is 7.67. The third kappa shape index (κ3) is 6.39. The number of benzene rings is 1. The molecular weight excluding hydrogens is 246 g/mol. The van der Waals surface area contributed by atoms with E-state index in [4.69, 9.17) is 22.1 Å². The molecule has 0 saturated heterocycles. The lowest BCUT2D eigenvalue weighted by Crippen LogP contribution is -2.24. The van der Waals surface area contributed by atoms with E-state index in [0.717, 1.165) is 24.5 Å². The summed E-state index contributed by atoms with van der Waals surface area (Å²) in [4.78, 5) is 0. The SMILES string of the molecule is CC(C)(C)OCCC(CN)Cc1ccc(Cl)cc1. The Morgan fingerprint density at radius 2 is 1.83 bits per heavy atom. The number of rotatable bonds is 6. The Hall–Kier alpha value is -0.570. The Bertz CT molecular complexity index is 343. The van der Waals surface area contributed by atoms with Crippen molar-refractivity contribution in [3.63, 3.8) is 0 Å². The zero-order valence-electron chi connectivity index (χ0n) is 11.6. The van der Waals surface area contributed by atoms with E-state index in [1.165, 1.54) is 5.56 Å². The van der Waals surface area contributed by atoms with Crippen LogP contribution in [0.4, 0.5) is 0 Å². The van der Waals surface area contributed by atoms with Crippen LogP contribution >= 0.6 is 11.6 Å². The molecule has 0 amide bonds. The van der Waals surface area contributed by atoms with Crippen LogP contribution in [0.15, 0.2) is 24.3 Å². The number of hydrogen-bond acceptors (Lipinski definition) is 2. The molecule has 0 aliphatic heterocycles. The minimum absolute atomic E-state index is 0.0700. The van der Waals surface area contributed by atoms with Crippen LogP contribution in [0.1, 0.15) is 32.8 Å². The highest BCUT2D eigenvalue weighted by Gasteiger charge is 2.13. The van der Waals surface area contributed by atoms with Gasteiger partial charge in [0, 0.05) is 11.6 Å². The van der Waals surface area contributed by atoms with E-state index in [-0.39, 0.29) is 5.60 Å². The highest BCUT2D eigenvalue weighted by atomic mass is 35.5. The van der Waals surface area contributed by atoms with Gasteiger partial charge >= 0.3 is 0 Å². The van der Waals surface area contributed by atoms with Crippen molar-refractivity contribution in [2.75, 3.05) is 13.2 Å². The molecule has 0 aliphatic rings. The second-order valence-corrected chi connectivity index (χ2v) is 6.12. The molecule has 1 unspecified atom stereocenters. The average molecular weight is 270 g/mol. The van der Waals surface area contributed by atoms with Gasteiger partial charge in [0.05, 0.1) is 5.60 Å². The first-order chi connectivity index (χ1) is 8.40. The first kappa shape index (κ1) is 15.5. The molecule has 0 fully saturated rings. The standard InChI is InChI=1S/C15H24ClNO/c1-15(2,3)18-9-8-13(11-17)10-12-4-6-14(16)7-5-12/h4-7,13H,8-11,17H2,1-3H3. The maximum atomic E-state index is 5.87. The van der Waals surface area contributed by atoms with E-state index in [2.05, 4.69) is 32.9 Å². The summed E-state index contributed by atoms with van der Waals surface area (Å²) in [6.07, 6.45) is 1.98. The van der Waals surface area contributed by atoms with E-state index in [1.807, 2.05) is 12.1 Å². The van der Waals surface area contributed by atoms with Crippen molar-refractivity contribution in [2.24, 2.45) is 11.7 Å². The zero-order chi connectivity index (χ0) is 13.6. The molecule has 3 heteroatoms. The maximum absolute atomic E-state index is 5.87. The van der Waals surface area contributed by atoms with Crippen molar-refractivity contribution in [1.82, 2.24) is 0 Å². The Labute approximate surface area is 115 Å². The molecule has 0 bridgehead atoms. The third-order valence-corrected chi connectivity index (χ3v) is 3.08. The molecule has 2 nitrogen and oxygen atoms in total. The van der Waals surface area contributed by atoms with Crippen molar-refractivity contribution in [1.29, 1.82) is 0 Å². The zero-order valence-corrected chi connectivity index (χ0v) is 12.3. The van der Waals surface area contributed by atoms with Gasteiger partial charge < -0.3 is 10.5 Å². The van der Waals surface area contributed by atoms with Crippen molar-refractivity contribution >= 4 is 11.6 Å². The highest BCUT2D eigenvalue weighted by molar-refractivity contribution is 6.30. The van der Waals surface area contributed by atoms with Crippen LogP contribution in [0.3, 0.4) is 0 Å². The molecule has 0 saturated carbocycles. The van der Waals surface area contributed by atoms with Crippen LogP contribution in [-0.2, 0) is 11.2 Å². The Morgan fingerprint density at radius 1 is 1.22 bits per heavy atom. The summed E-state index contributed by atoms with van der Waals surface area (Å²) < 4.78 is 5.74. The molecule has 102 valence electrons. The van der Waals surface area contributed by atoms with Crippen LogP contribution in [0, 0.1) is 5.92 Å². The van der Waals surface area contributed by atoms with Crippen LogP contribution in [0.25, 0.3) is 0 Å². The largest absolute Gasteiger partial charge is 0.376 e. The number of hydrogen-bond donors (Lipinski definition) is 1. The molecule has 2 N–H and O–H groups in total. The van der Waals surface area contributed by atoms with Gasteiger partial charge in [0.1, 0.15) is 0 Å². The number of halogens is 1. The fourth-order valence-corrected chi connectivity index (χ4v) is 1.91. The van der Waals surface area contributed by atoms with E-state index in [0.29, 0.717) is 12.5 Å². The van der Waals surface area contributed by atoms with Gasteiger partial charge in [0.15, 0.2) is 0 Å². The van der Waals surface area contributed by atoms with Gasteiger partial charge in [0.25, 0.3) is 0 Å². The Kier molecular flexibility index (Phi) is 6.13. The second kappa shape index (κ2) is 7.13. The summed E-state index contributed by atoms with van der Waals surface area (Å²) in [6, 6.07) is 7.98. The predicted octanol–water partition coefficient (Wildman–Crippen LogP) is 3.66. The molecule has 0 radical (unpaired) electrons. The van der Waals surface area contributed by atoms with E-state index >= 15 is 0 Å². The average Bonchev–Trinajstić information content (AvgIpc) is 2.29. The van der Waals surface area contributed by atoms with Gasteiger partial charge in [-0.05, 0) is 63.8 Å². The lowest BCUT2D eigenvalue weighted by molar-refractivity contribution is -0.00886. The molecular formula is C15H24ClNO. The lowest BCUT2D eigenvalue weighted by Gasteiger charge is -2.22. The third-order valence-electron chi connectivity index (χ3n) is 2.83. The molecule has 0 aromatic heterocycles. The van der Waals surface area contributed by atoms with Crippen molar-refractivity contribution in [2.45, 2.75) is 39.2 Å². The maximum Gasteiger partial charge on any atom is 0.0598 e. The minimum atomic E-state index is -0.0700. The number of ether oxygens (including phenoxy) is 1. The Morgan fingerprint density at radius 3 is 2.33 bits per heavy atom. The fourth-order valence-electron chi connectivity index (χ4n) is 1.79. The fraction of sp³-hybridized carbons (Fsp3) is 0.600. The summed E-state index contributed by atoms with van der Waals surface area (Å²) in [7, 11) is 0. The molecule has 1 rings (SSSR count). The molecule has 1 atom stereocenters. The summed E-state index contributed by atoms with van der Waals surface area (Å²) >= 11 is 5.87. The summed E-state index contributed by atoms with van der Waals surface area (Å²) in [5.74, 6) is 0.466. The monoisotopic (exact) mass is 269 g/mol. The summed E-state index contributed by atoms with van der Waals surface area (Å²) in [5.41, 5.74) is 7.03. The van der Waals surface area contributed by atoms with Crippen LogP contribution < -0.4 is 5.73 Å². The molecule has 0 heterocycles. The van der Waals surface area contributed by atoms with E-state index in [1.54, 1.807) is 0 Å². The first-order valence-corrected chi connectivity index (χ1v) is 6.87. The lowest BCUT2D eigenvalue weighted by atomic mass is 9.96. The quantitative estimate of drug-likeness (QED) is 0.855. The molecule has 0 spiro atoms. The molecule has 1 aromatic carbocycles. The molecule has 0 aliphatic carbocycles. The van der Waals surface area contributed by atoms with Crippen LogP contribution in [-0.4, -0.2) is 18.8 Å². The molecule has 1 aromatic rings. The number of nitrogens with two attached hydrogens (primary N) is 1. The van der Waals surface area contributed by atoms with Gasteiger partial charge in [-0.1, -0.05) is 23.7 Å². The van der Waals surface area contributed by atoms with Gasteiger partial charge in [-0.15, -0.1) is 0 Å². The topological polar surface area (TPSA) is 35.2 Å². The Balaban J connectivity index is 2.40. The van der Waals surface area contributed by atoms with Gasteiger partial charge in [0.2, 0.25) is 0 Å². The smallest absolute Gasteiger partial charge is 0.0598 e. The normalized spacial score (nSPS) is 13.6. The first-order valence-electron chi connectivity index (χ1n) is 6.49. The van der Waals surface area contributed by atoms with Crippen molar-refractivity contribution in [3.05, 3.63) is 34.9 Å². The van der Waals surface area contributed by atoms with Gasteiger partial charge in [-0.3, -0.25) is 0 Å². The second-order valence-electron chi connectivity index (χ2n) is 5.68. The molecule has 18 heavy (non-hydrogen) atoms. The van der Waals surface area contributed by atoms with Gasteiger partial charge in [-0.25, -0.2) is 0 Å². The highest BCUT2D eigenvalue weighted by Crippen LogP contribution is 2.16.